The van der Waals surface area contributed by atoms with Crippen LogP contribution in [0, 0.1) is 0 Å². The summed E-state index contributed by atoms with van der Waals surface area (Å²) in [4.78, 5) is 8.32. The lowest BCUT2D eigenvalue weighted by Crippen LogP contribution is -2.02. The second-order valence-corrected chi connectivity index (χ2v) is 3.64. The van der Waals surface area contributed by atoms with Gasteiger partial charge in [0.05, 0.1) is 45.0 Å². The van der Waals surface area contributed by atoms with E-state index >= 15 is 0 Å². The van der Waals surface area contributed by atoms with Crippen molar-refractivity contribution in [2.45, 2.75) is 0 Å². The Morgan fingerprint density at radius 2 is 1.68 bits per heavy atom. The molecule has 0 unspecified atom stereocenters. The van der Waals surface area contributed by atoms with Crippen molar-refractivity contribution in [1.82, 2.24) is 9.97 Å². The highest BCUT2D eigenvalue weighted by Gasteiger charge is 2.19. The predicted molar refractivity (Wildman–Crippen MR) is 70.2 cm³/mol. The summed E-state index contributed by atoms with van der Waals surface area (Å²) < 4.78 is 20.7. The first kappa shape index (κ1) is 13.0. The van der Waals surface area contributed by atoms with Gasteiger partial charge in [-0.25, -0.2) is 0 Å². The van der Waals surface area contributed by atoms with Crippen molar-refractivity contribution in [2.24, 2.45) is 0 Å². The van der Waals surface area contributed by atoms with Crippen molar-refractivity contribution in [1.29, 1.82) is 0 Å². The van der Waals surface area contributed by atoms with Crippen molar-refractivity contribution >= 4 is 16.6 Å². The van der Waals surface area contributed by atoms with Gasteiger partial charge in [-0.15, -0.1) is 0 Å². The van der Waals surface area contributed by atoms with Crippen molar-refractivity contribution in [3.63, 3.8) is 0 Å². The van der Waals surface area contributed by atoms with Crippen LogP contribution in [0.1, 0.15) is 0 Å². The molecule has 0 radical (unpaired) electrons. The summed E-state index contributed by atoms with van der Waals surface area (Å²) in [6.45, 7) is 0. The minimum absolute atomic E-state index is 0.191. The van der Waals surface area contributed by atoms with Crippen LogP contribution in [0.25, 0.3) is 10.9 Å². The normalized spacial score (nSPS) is 10.3. The molecule has 0 atom stereocenters. The molecule has 0 aliphatic carbocycles. The van der Waals surface area contributed by atoms with Crippen LogP contribution in [0.3, 0.4) is 0 Å². The standard InChI is InChI=1S/C12H15N3O4/c1-16-7-5-6-8(9(13)10(7)17-2)11(18-3)15-12(14-6)19-4/h5H,13H2,1-4H3. The number of nitrogen functional groups attached to an aromatic ring is 1. The number of anilines is 1. The Bertz CT molecular complexity index is 616. The van der Waals surface area contributed by atoms with Gasteiger partial charge in [-0.1, -0.05) is 0 Å². The molecule has 0 saturated heterocycles. The number of rotatable bonds is 4. The Morgan fingerprint density at radius 3 is 2.21 bits per heavy atom. The van der Waals surface area contributed by atoms with E-state index in [1.54, 1.807) is 6.07 Å². The smallest absolute Gasteiger partial charge is 0.320 e. The zero-order valence-corrected chi connectivity index (χ0v) is 11.2. The lowest BCUT2D eigenvalue weighted by Gasteiger charge is -2.14. The second kappa shape index (κ2) is 5.05. The third-order valence-electron chi connectivity index (χ3n) is 2.69. The van der Waals surface area contributed by atoms with Crippen LogP contribution < -0.4 is 24.7 Å². The molecule has 7 nitrogen and oxygen atoms in total. The van der Waals surface area contributed by atoms with Gasteiger partial charge < -0.3 is 24.7 Å². The molecule has 0 saturated carbocycles. The van der Waals surface area contributed by atoms with E-state index in [4.69, 9.17) is 24.7 Å². The van der Waals surface area contributed by atoms with Crippen molar-refractivity contribution in [3.05, 3.63) is 6.07 Å². The molecular formula is C12H15N3O4. The summed E-state index contributed by atoms with van der Waals surface area (Å²) in [6, 6.07) is 1.88. The van der Waals surface area contributed by atoms with Gasteiger partial charge in [0.2, 0.25) is 5.88 Å². The number of hydrogen-bond donors (Lipinski definition) is 1. The molecule has 0 spiro atoms. The van der Waals surface area contributed by atoms with Gasteiger partial charge in [-0.3, -0.25) is 0 Å². The van der Waals surface area contributed by atoms with Crippen LogP contribution in [-0.4, -0.2) is 38.4 Å². The van der Waals surface area contributed by atoms with Crippen LogP contribution in [0.2, 0.25) is 0 Å². The first-order chi connectivity index (χ1) is 9.15. The quantitative estimate of drug-likeness (QED) is 0.832. The van der Waals surface area contributed by atoms with Gasteiger partial charge in [0.1, 0.15) is 0 Å². The van der Waals surface area contributed by atoms with Gasteiger partial charge in [0, 0.05) is 6.07 Å². The van der Waals surface area contributed by atoms with E-state index in [1.807, 2.05) is 0 Å². The van der Waals surface area contributed by atoms with E-state index < -0.39 is 0 Å². The first-order valence-electron chi connectivity index (χ1n) is 5.46. The van der Waals surface area contributed by atoms with Crippen molar-refractivity contribution < 1.29 is 18.9 Å². The zero-order chi connectivity index (χ0) is 14.0. The minimum atomic E-state index is 0.191. The minimum Gasteiger partial charge on any atom is -0.493 e. The molecule has 2 aromatic rings. The lowest BCUT2D eigenvalue weighted by atomic mass is 10.1. The topological polar surface area (TPSA) is 88.7 Å². The third kappa shape index (κ3) is 2.03. The SMILES string of the molecule is COc1nc(OC)c2c(N)c(OC)c(OC)cc2n1. The van der Waals surface area contributed by atoms with Crippen LogP contribution >= 0.6 is 0 Å². The van der Waals surface area contributed by atoms with E-state index in [9.17, 15) is 0 Å². The summed E-state index contributed by atoms with van der Waals surface area (Å²) in [7, 11) is 6.01. The van der Waals surface area contributed by atoms with E-state index in [0.29, 0.717) is 34.0 Å². The average Bonchev–Trinajstić information content (AvgIpc) is 2.45. The molecule has 0 aliphatic rings. The molecule has 2 rings (SSSR count). The molecule has 102 valence electrons. The number of hydrogen-bond acceptors (Lipinski definition) is 7. The van der Waals surface area contributed by atoms with Gasteiger partial charge in [-0.05, 0) is 0 Å². The van der Waals surface area contributed by atoms with Gasteiger partial charge in [0.15, 0.2) is 11.5 Å². The summed E-state index contributed by atoms with van der Waals surface area (Å²) in [6.07, 6.45) is 0. The zero-order valence-electron chi connectivity index (χ0n) is 11.2. The van der Waals surface area contributed by atoms with Crippen molar-refractivity contribution in [2.75, 3.05) is 34.2 Å². The van der Waals surface area contributed by atoms with Crippen LogP contribution in [0.15, 0.2) is 6.07 Å². The molecule has 1 aromatic carbocycles. The summed E-state index contributed by atoms with van der Waals surface area (Å²) in [5, 5.41) is 0.556. The number of aromatic nitrogens is 2. The van der Waals surface area contributed by atoms with E-state index in [0.717, 1.165) is 0 Å². The maximum atomic E-state index is 6.07. The Hall–Kier alpha value is -2.44. The number of nitrogens with two attached hydrogens (primary N) is 1. The molecule has 0 amide bonds. The monoisotopic (exact) mass is 265 g/mol. The Morgan fingerprint density at radius 1 is 0.947 bits per heavy atom. The Balaban J connectivity index is 2.86. The predicted octanol–water partition coefficient (Wildman–Crippen LogP) is 1.25. The highest BCUT2D eigenvalue weighted by molar-refractivity contribution is 5.99. The molecule has 1 aromatic heterocycles. The fourth-order valence-electron chi connectivity index (χ4n) is 1.83. The van der Waals surface area contributed by atoms with Crippen LogP contribution in [0.4, 0.5) is 5.69 Å². The molecule has 0 fully saturated rings. The molecule has 1 heterocycles. The Labute approximate surface area is 110 Å². The van der Waals surface area contributed by atoms with Gasteiger partial charge in [0.25, 0.3) is 0 Å². The number of benzene rings is 1. The van der Waals surface area contributed by atoms with Gasteiger partial charge in [-0.2, -0.15) is 9.97 Å². The molecule has 7 heteroatoms. The second-order valence-electron chi connectivity index (χ2n) is 3.64. The summed E-state index contributed by atoms with van der Waals surface area (Å²) in [5.41, 5.74) is 6.98. The molecule has 0 bridgehead atoms. The van der Waals surface area contributed by atoms with E-state index in [2.05, 4.69) is 9.97 Å². The molecule has 19 heavy (non-hydrogen) atoms. The highest BCUT2D eigenvalue weighted by atomic mass is 16.5. The molecule has 2 N–H and O–H groups in total. The third-order valence-corrected chi connectivity index (χ3v) is 2.69. The number of nitrogens with zero attached hydrogens (tertiary/aromatic N) is 2. The molecule has 0 aliphatic heterocycles. The number of methoxy groups -OCH3 is 4. The number of ether oxygens (including phenoxy) is 4. The van der Waals surface area contributed by atoms with Crippen molar-refractivity contribution in [3.8, 4) is 23.4 Å². The summed E-state index contributed by atoms with van der Waals surface area (Å²) in [5.74, 6) is 1.22. The van der Waals surface area contributed by atoms with E-state index in [1.165, 1.54) is 28.4 Å². The van der Waals surface area contributed by atoms with Crippen LogP contribution in [-0.2, 0) is 0 Å². The highest BCUT2D eigenvalue weighted by Crippen LogP contribution is 2.42. The largest absolute Gasteiger partial charge is 0.493 e. The Kier molecular flexibility index (Phi) is 3.46. The average molecular weight is 265 g/mol. The maximum Gasteiger partial charge on any atom is 0.320 e. The number of fused-ring (bicyclic) bond motifs is 1. The fraction of sp³-hybridized carbons (Fsp3) is 0.333. The lowest BCUT2D eigenvalue weighted by molar-refractivity contribution is 0.352. The first-order valence-corrected chi connectivity index (χ1v) is 5.46. The summed E-state index contributed by atoms with van der Waals surface area (Å²) >= 11 is 0. The fourth-order valence-corrected chi connectivity index (χ4v) is 1.83. The van der Waals surface area contributed by atoms with Crippen LogP contribution in [0.5, 0.6) is 23.4 Å². The maximum absolute atomic E-state index is 6.07. The van der Waals surface area contributed by atoms with Gasteiger partial charge >= 0.3 is 6.01 Å². The van der Waals surface area contributed by atoms with E-state index in [-0.39, 0.29) is 6.01 Å². The molecular weight excluding hydrogens is 250 g/mol.